The molecule has 2 fully saturated rings. The van der Waals surface area contributed by atoms with E-state index < -0.39 is 0 Å². The first-order chi connectivity index (χ1) is 13.0. The van der Waals surface area contributed by atoms with Gasteiger partial charge in [0.15, 0.2) is 0 Å². The summed E-state index contributed by atoms with van der Waals surface area (Å²) in [6.45, 7) is 5.60. The molecule has 142 valence electrons. The van der Waals surface area contributed by atoms with Crippen molar-refractivity contribution >= 4 is 5.91 Å². The summed E-state index contributed by atoms with van der Waals surface area (Å²) in [5.74, 6) is 1.15. The quantitative estimate of drug-likeness (QED) is 0.690. The van der Waals surface area contributed by atoms with Gasteiger partial charge in [-0.1, -0.05) is 48.5 Å². The highest BCUT2D eigenvalue weighted by Crippen LogP contribution is 2.50. The van der Waals surface area contributed by atoms with Gasteiger partial charge in [0, 0.05) is 18.2 Å². The Kier molecular flexibility index (Phi) is 4.68. The van der Waals surface area contributed by atoms with Crippen molar-refractivity contribution in [2.45, 2.75) is 45.3 Å². The van der Waals surface area contributed by atoms with Crippen molar-refractivity contribution in [1.82, 2.24) is 9.80 Å². The minimum atomic E-state index is -0.346. The van der Waals surface area contributed by atoms with Gasteiger partial charge in [0.25, 0.3) is 0 Å². The third-order valence-corrected chi connectivity index (χ3v) is 5.89. The minimum Gasteiger partial charge on any atom is -0.496 e. The number of ether oxygens (including phenoxy) is 1. The Morgan fingerprint density at radius 1 is 1.07 bits per heavy atom. The lowest BCUT2D eigenvalue weighted by molar-refractivity contribution is -0.174. The number of methoxy groups -OCH3 is 1. The molecule has 1 heterocycles. The number of para-hydroxylation sites is 1. The number of rotatable bonds is 7. The number of amides is 1. The van der Waals surface area contributed by atoms with Crippen molar-refractivity contribution in [3.8, 4) is 5.75 Å². The smallest absolute Gasteiger partial charge is 0.232 e. The van der Waals surface area contributed by atoms with E-state index in [1.54, 1.807) is 7.11 Å². The first kappa shape index (κ1) is 18.1. The molecule has 2 aromatic rings. The monoisotopic (exact) mass is 364 g/mol. The molecular weight excluding hydrogens is 336 g/mol. The van der Waals surface area contributed by atoms with E-state index in [4.69, 9.17) is 4.74 Å². The molecule has 2 aromatic carbocycles. The van der Waals surface area contributed by atoms with Gasteiger partial charge < -0.3 is 9.64 Å². The molecule has 4 heteroatoms. The van der Waals surface area contributed by atoms with Crippen molar-refractivity contribution in [3.63, 3.8) is 0 Å². The zero-order valence-electron chi connectivity index (χ0n) is 16.4. The number of hydrogen-bond donors (Lipinski definition) is 0. The maximum atomic E-state index is 12.9. The third-order valence-electron chi connectivity index (χ3n) is 5.89. The topological polar surface area (TPSA) is 32.8 Å². The maximum Gasteiger partial charge on any atom is 0.232 e. The van der Waals surface area contributed by atoms with Crippen LogP contribution in [0.5, 0.6) is 5.75 Å². The van der Waals surface area contributed by atoms with Crippen molar-refractivity contribution < 1.29 is 9.53 Å². The van der Waals surface area contributed by atoms with Gasteiger partial charge >= 0.3 is 0 Å². The zero-order chi connectivity index (χ0) is 19.0. The van der Waals surface area contributed by atoms with Gasteiger partial charge in [-0.15, -0.1) is 0 Å². The summed E-state index contributed by atoms with van der Waals surface area (Å²) in [5.41, 5.74) is 2.05. The molecular formula is C23H28N2O2. The van der Waals surface area contributed by atoms with Crippen molar-refractivity contribution in [1.29, 1.82) is 0 Å². The lowest BCUT2D eigenvalue weighted by Gasteiger charge is -2.54. The first-order valence-corrected chi connectivity index (χ1v) is 9.74. The Balaban J connectivity index is 1.55. The molecule has 1 amide bonds. The Hall–Kier alpha value is -2.33. The minimum absolute atomic E-state index is 0.130. The normalized spacial score (nSPS) is 21.3. The largest absolute Gasteiger partial charge is 0.496 e. The van der Waals surface area contributed by atoms with Crippen LogP contribution in [0.3, 0.4) is 0 Å². The standard InChI is InChI=1S/C23H28N2O2/c1-23(2)21(17-9-5-4-6-10-17)25(22(23)26)16-24(19-13-14-19)15-18-11-7-8-12-20(18)27-3/h4-12,19,21H,13-16H2,1-3H3/t21-/m0/s1. The predicted molar refractivity (Wildman–Crippen MR) is 106 cm³/mol. The molecule has 0 bridgehead atoms. The maximum absolute atomic E-state index is 12.9. The highest BCUT2D eigenvalue weighted by atomic mass is 16.5. The molecule has 2 aliphatic rings. The van der Waals surface area contributed by atoms with Crippen LogP contribution in [0, 0.1) is 5.41 Å². The van der Waals surface area contributed by atoms with E-state index in [-0.39, 0.29) is 17.4 Å². The predicted octanol–water partition coefficient (Wildman–Crippen LogP) is 4.23. The number of likely N-dealkylation sites (tertiary alicyclic amines) is 1. The van der Waals surface area contributed by atoms with Crippen LogP contribution < -0.4 is 4.74 Å². The molecule has 1 aliphatic carbocycles. The van der Waals surface area contributed by atoms with E-state index in [1.165, 1.54) is 24.0 Å². The van der Waals surface area contributed by atoms with Crippen LogP contribution in [0.4, 0.5) is 0 Å². The van der Waals surface area contributed by atoms with Gasteiger partial charge in [0.05, 0.1) is 25.2 Å². The average molecular weight is 364 g/mol. The van der Waals surface area contributed by atoms with Crippen LogP contribution in [-0.4, -0.2) is 35.5 Å². The van der Waals surface area contributed by atoms with Crippen molar-refractivity contribution in [2.24, 2.45) is 5.41 Å². The fourth-order valence-corrected chi connectivity index (χ4v) is 4.29. The molecule has 0 radical (unpaired) electrons. The summed E-state index contributed by atoms with van der Waals surface area (Å²) >= 11 is 0. The second-order valence-corrected chi connectivity index (χ2v) is 8.24. The molecule has 0 N–H and O–H groups in total. The number of nitrogens with zero attached hydrogens (tertiary/aromatic N) is 2. The summed E-state index contributed by atoms with van der Waals surface area (Å²) in [6, 6.07) is 19.3. The molecule has 1 atom stereocenters. The molecule has 27 heavy (non-hydrogen) atoms. The molecule has 1 saturated carbocycles. The average Bonchev–Trinajstić information content (AvgIpc) is 3.52. The Morgan fingerprint density at radius 3 is 2.41 bits per heavy atom. The van der Waals surface area contributed by atoms with Gasteiger partial charge in [0.2, 0.25) is 5.91 Å². The van der Waals surface area contributed by atoms with Crippen LogP contribution >= 0.6 is 0 Å². The van der Waals surface area contributed by atoms with Gasteiger partial charge in [0.1, 0.15) is 5.75 Å². The molecule has 0 aromatic heterocycles. The van der Waals surface area contributed by atoms with Gasteiger partial charge in [-0.2, -0.15) is 0 Å². The highest BCUT2D eigenvalue weighted by molar-refractivity contribution is 5.89. The van der Waals surface area contributed by atoms with Gasteiger partial charge in [-0.3, -0.25) is 9.69 Å². The number of benzene rings is 2. The highest BCUT2D eigenvalue weighted by Gasteiger charge is 2.55. The summed E-state index contributed by atoms with van der Waals surface area (Å²) in [6.07, 6.45) is 2.41. The van der Waals surface area contributed by atoms with Crippen LogP contribution in [0.2, 0.25) is 0 Å². The third kappa shape index (κ3) is 3.34. The van der Waals surface area contributed by atoms with E-state index in [0.29, 0.717) is 12.7 Å². The van der Waals surface area contributed by atoms with Crippen LogP contribution in [-0.2, 0) is 11.3 Å². The Morgan fingerprint density at radius 2 is 1.74 bits per heavy atom. The van der Waals surface area contributed by atoms with Crippen LogP contribution in [0.15, 0.2) is 54.6 Å². The number of β-lactam (4-membered cyclic amide) rings is 1. The summed E-state index contributed by atoms with van der Waals surface area (Å²) in [7, 11) is 1.72. The lowest BCUT2D eigenvalue weighted by Crippen LogP contribution is -2.63. The SMILES string of the molecule is COc1ccccc1CN(CN1C(=O)C(C)(C)[C@@H]1c1ccccc1)C1CC1. The fourth-order valence-electron chi connectivity index (χ4n) is 4.29. The summed E-state index contributed by atoms with van der Waals surface area (Å²) in [5, 5.41) is 0. The number of carbonyl (C=O) groups excluding carboxylic acids is 1. The van der Waals surface area contributed by atoms with Crippen molar-refractivity contribution in [3.05, 3.63) is 65.7 Å². The van der Waals surface area contributed by atoms with Crippen molar-refractivity contribution in [2.75, 3.05) is 13.8 Å². The zero-order valence-corrected chi connectivity index (χ0v) is 16.4. The first-order valence-electron chi connectivity index (χ1n) is 9.74. The molecule has 1 saturated heterocycles. The molecule has 4 nitrogen and oxygen atoms in total. The fraction of sp³-hybridized carbons (Fsp3) is 0.435. The van der Waals surface area contributed by atoms with Crippen LogP contribution in [0.1, 0.15) is 43.9 Å². The lowest BCUT2D eigenvalue weighted by atomic mass is 9.71. The van der Waals surface area contributed by atoms with Gasteiger partial charge in [-0.25, -0.2) is 0 Å². The second kappa shape index (κ2) is 7.01. The molecule has 0 unspecified atom stereocenters. The van der Waals surface area contributed by atoms with E-state index >= 15 is 0 Å². The molecule has 4 rings (SSSR count). The Bertz CT molecular complexity index is 814. The summed E-state index contributed by atoms with van der Waals surface area (Å²) in [4.78, 5) is 17.4. The number of carbonyl (C=O) groups is 1. The van der Waals surface area contributed by atoms with E-state index in [9.17, 15) is 4.79 Å². The Labute approximate surface area is 161 Å². The summed E-state index contributed by atoms with van der Waals surface area (Å²) < 4.78 is 5.53. The van der Waals surface area contributed by atoms with Gasteiger partial charge in [-0.05, 0) is 38.3 Å². The second-order valence-electron chi connectivity index (χ2n) is 8.24. The van der Waals surface area contributed by atoms with E-state index in [1.807, 2.05) is 29.2 Å². The molecule has 0 spiro atoms. The molecule has 1 aliphatic heterocycles. The van der Waals surface area contributed by atoms with E-state index in [0.717, 1.165) is 12.3 Å². The van der Waals surface area contributed by atoms with E-state index in [2.05, 4.69) is 49.1 Å². The van der Waals surface area contributed by atoms with Crippen LogP contribution in [0.25, 0.3) is 0 Å². The number of hydrogen-bond acceptors (Lipinski definition) is 3.